The zero-order valence-corrected chi connectivity index (χ0v) is 11.8. The monoisotopic (exact) mass is 285 g/mol. The van der Waals surface area contributed by atoms with Crippen LogP contribution in [0.3, 0.4) is 0 Å². The molecule has 0 radical (unpaired) electrons. The Morgan fingerprint density at radius 2 is 2.00 bits per heavy atom. The van der Waals surface area contributed by atoms with Gasteiger partial charge in [-0.05, 0) is 35.4 Å². The molecule has 5 heteroatoms. The summed E-state index contributed by atoms with van der Waals surface area (Å²) >= 11 is 0. The van der Waals surface area contributed by atoms with Crippen LogP contribution in [-0.4, -0.2) is 18.6 Å². The van der Waals surface area contributed by atoms with E-state index in [1.165, 1.54) is 0 Å². The number of carbonyl (C=O) groups is 1. The standard InChI is InChI=1S/C15H18F3NO/c1-4-10-5-6-12-11(9-10)14(2,3)7-8-19(12)13(20)15(16,17)18/h5-6,9H,4,7-8H2,1-3H3. The lowest BCUT2D eigenvalue weighted by Crippen LogP contribution is -2.47. The van der Waals surface area contributed by atoms with E-state index in [1.54, 1.807) is 12.1 Å². The molecule has 0 aromatic heterocycles. The Bertz CT molecular complexity index is 534. The second-order valence-corrected chi connectivity index (χ2v) is 5.79. The third-order valence-corrected chi connectivity index (χ3v) is 3.94. The lowest BCUT2D eigenvalue weighted by molar-refractivity contribution is -0.170. The highest BCUT2D eigenvalue weighted by atomic mass is 19.4. The Morgan fingerprint density at radius 1 is 1.35 bits per heavy atom. The molecule has 20 heavy (non-hydrogen) atoms. The van der Waals surface area contributed by atoms with Crippen molar-refractivity contribution in [1.82, 2.24) is 0 Å². The van der Waals surface area contributed by atoms with E-state index in [4.69, 9.17) is 0 Å². The third kappa shape index (κ3) is 2.53. The zero-order chi connectivity index (χ0) is 15.1. The number of fused-ring (bicyclic) bond motifs is 1. The molecule has 1 aromatic carbocycles. The first kappa shape index (κ1) is 14.9. The van der Waals surface area contributed by atoms with E-state index in [2.05, 4.69) is 0 Å². The van der Waals surface area contributed by atoms with Crippen LogP contribution < -0.4 is 4.90 Å². The Morgan fingerprint density at radius 3 is 2.55 bits per heavy atom. The van der Waals surface area contributed by atoms with Gasteiger partial charge in [-0.25, -0.2) is 0 Å². The number of hydrogen-bond acceptors (Lipinski definition) is 1. The number of amides is 1. The summed E-state index contributed by atoms with van der Waals surface area (Å²) in [5.41, 5.74) is 2.06. The molecule has 0 N–H and O–H groups in total. The van der Waals surface area contributed by atoms with E-state index in [-0.39, 0.29) is 12.0 Å². The van der Waals surface area contributed by atoms with Gasteiger partial charge in [-0.3, -0.25) is 4.79 Å². The molecule has 1 heterocycles. The van der Waals surface area contributed by atoms with Crippen molar-refractivity contribution < 1.29 is 18.0 Å². The average molecular weight is 285 g/mol. The topological polar surface area (TPSA) is 20.3 Å². The van der Waals surface area contributed by atoms with Gasteiger partial charge in [-0.15, -0.1) is 0 Å². The molecule has 0 fully saturated rings. The summed E-state index contributed by atoms with van der Waals surface area (Å²) in [5, 5.41) is 0. The molecular weight excluding hydrogens is 267 g/mol. The highest BCUT2D eigenvalue weighted by Gasteiger charge is 2.46. The summed E-state index contributed by atoms with van der Waals surface area (Å²) in [6, 6.07) is 5.35. The summed E-state index contributed by atoms with van der Waals surface area (Å²) in [6.45, 7) is 6.10. The number of anilines is 1. The maximum absolute atomic E-state index is 12.7. The Kier molecular flexibility index (Phi) is 3.56. The fourth-order valence-electron chi connectivity index (χ4n) is 2.59. The van der Waals surface area contributed by atoms with Gasteiger partial charge in [0.2, 0.25) is 0 Å². The van der Waals surface area contributed by atoms with E-state index in [0.717, 1.165) is 22.4 Å². The van der Waals surface area contributed by atoms with Crippen LogP contribution >= 0.6 is 0 Å². The minimum absolute atomic E-state index is 0.101. The first-order valence-electron chi connectivity index (χ1n) is 6.69. The zero-order valence-electron chi connectivity index (χ0n) is 11.8. The highest BCUT2D eigenvalue weighted by Crippen LogP contribution is 2.41. The van der Waals surface area contributed by atoms with Gasteiger partial charge in [-0.1, -0.05) is 32.9 Å². The van der Waals surface area contributed by atoms with Crippen molar-refractivity contribution in [1.29, 1.82) is 0 Å². The summed E-state index contributed by atoms with van der Waals surface area (Å²) < 4.78 is 38.0. The molecule has 1 aromatic rings. The minimum Gasteiger partial charge on any atom is -0.304 e. The van der Waals surface area contributed by atoms with Gasteiger partial charge in [0.15, 0.2) is 0 Å². The molecule has 2 nitrogen and oxygen atoms in total. The van der Waals surface area contributed by atoms with Crippen LogP contribution in [0.2, 0.25) is 0 Å². The van der Waals surface area contributed by atoms with Gasteiger partial charge in [0.05, 0.1) is 0 Å². The van der Waals surface area contributed by atoms with Crippen LogP contribution in [-0.2, 0) is 16.6 Å². The maximum Gasteiger partial charge on any atom is 0.471 e. The summed E-state index contributed by atoms with van der Waals surface area (Å²) in [7, 11) is 0. The van der Waals surface area contributed by atoms with Crippen LogP contribution in [0.25, 0.3) is 0 Å². The predicted molar refractivity (Wildman–Crippen MR) is 71.9 cm³/mol. The van der Waals surface area contributed by atoms with Crippen molar-refractivity contribution in [2.75, 3.05) is 11.4 Å². The number of nitrogens with zero attached hydrogens (tertiary/aromatic N) is 1. The van der Waals surface area contributed by atoms with Crippen LogP contribution in [0.4, 0.5) is 18.9 Å². The number of carbonyl (C=O) groups excluding carboxylic acids is 1. The fraction of sp³-hybridized carbons (Fsp3) is 0.533. The van der Waals surface area contributed by atoms with Gasteiger partial charge < -0.3 is 4.90 Å². The largest absolute Gasteiger partial charge is 0.471 e. The normalized spacial score (nSPS) is 17.8. The molecule has 110 valence electrons. The molecule has 0 saturated heterocycles. The molecule has 0 bridgehead atoms. The second kappa shape index (κ2) is 4.79. The Labute approximate surface area is 116 Å². The second-order valence-electron chi connectivity index (χ2n) is 5.79. The van der Waals surface area contributed by atoms with Crippen molar-refractivity contribution in [3.05, 3.63) is 29.3 Å². The number of alkyl halides is 3. The molecule has 0 atom stereocenters. The van der Waals surface area contributed by atoms with E-state index < -0.39 is 12.1 Å². The van der Waals surface area contributed by atoms with E-state index in [1.807, 2.05) is 26.8 Å². The smallest absolute Gasteiger partial charge is 0.304 e. The number of hydrogen-bond donors (Lipinski definition) is 0. The predicted octanol–water partition coefficient (Wildman–Crippen LogP) is 3.83. The van der Waals surface area contributed by atoms with Crippen molar-refractivity contribution in [3.8, 4) is 0 Å². The third-order valence-electron chi connectivity index (χ3n) is 3.94. The summed E-state index contributed by atoms with van der Waals surface area (Å²) in [5.74, 6) is -1.78. The number of benzene rings is 1. The lowest BCUT2D eigenvalue weighted by Gasteiger charge is -2.39. The summed E-state index contributed by atoms with van der Waals surface area (Å²) in [6.07, 6.45) is -3.49. The molecule has 0 spiro atoms. The van der Waals surface area contributed by atoms with Crippen LogP contribution in [0, 0.1) is 0 Å². The van der Waals surface area contributed by atoms with Gasteiger partial charge in [0.25, 0.3) is 0 Å². The molecular formula is C15H18F3NO. The number of rotatable bonds is 1. The Balaban J connectivity index is 2.51. The number of halogens is 3. The van der Waals surface area contributed by atoms with Crippen molar-refractivity contribution in [3.63, 3.8) is 0 Å². The molecule has 0 saturated carbocycles. The van der Waals surface area contributed by atoms with Crippen molar-refractivity contribution >= 4 is 11.6 Å². The minimum atomic E-state index is -4.83. The Hall–Kier alpha value is -1.52. The molecule has 1 aliphatic rings. The highest BCUT2D eigenvalue weighted by molar-refractivity contribution is 5.98. The lowest BCUT2D eigenvalue weighted by atomic mass is 9.77. The van der Waals surface area contributed by atoms with E-state index >= 15 is 0 Å². The quantitative estimate of drug-likeness (QED) is 0.768. The number of aryl methyl sites for hydroxylation is 1. The van der Waals surface area contributed by atoms with Gasteiger partial charge in [-0.2, -0.15) is 13.2 Å². The molecule has 1 aliphatic heterocycles. The average Bonchev–Trinajstić information content (AvgIpc) is 2.37. The first-order valence-corrected chi connectivity index (χ1v) is 6.69. The van der Waals surface area contributed by atoms with E-state index in [9.17, 15) is 18.0 Å². The summed E-state index contributed by atoms with van der Waals surface area (Å²) in [4.78, 5) is 12.4. The fourth-order valence-corrected chi connectivity index (χ4v) is 2.59. The van der Waals surface area contributed by atoms with Crippen LogP contribution in [0.5, 0.6) is 0 Å². The molecule has 0 aliphatic carbocycles. The maximum atomic E-state index is 12.7. The van der Waals surface area contributed by atoms with Gasteiger partial charge in [0, 0.05) is 12.2 Å². The van der Waals surface area contributed by atoms with Gasteiger partial charge in [0.1, 0.15) is 0 Å². The SMILES string of the molecule is CCc1ccc2c(c1)C(C)(C)CCN2C(=O)C(F)(F)F. The van der Waals surface area contributed by atoms with Crippen molar-refractivity contribution in [2.45, 2.75) is 45.2 Å². The van der Waals surface area contributed by atoms with E-state index in [0.29, 0.717) is 12.1 Å². The van der Waals surface area contributed by atoms with Crippen LogP contribution in [0.15, 0.2) is 18.2 Å². The first-order chi connectivity index (χ1) is 9.16. The van der Waals surface area contributed by atoms with Crippen LogP contribution in [0.1, 0.15) is 38.3 Å². The molecule has 2 rings (SSSR count). The van der Waals surface area contributed by atoms with Gasteiger partial charge >= 0.3 is 12.1 Å². The molecule has 1 amide bonds. The van der Waals surface area contributed by atoms with Crippen molar-refractivity contribution in [2.24, 2.45) is 0 Å². The molecule has 0 unspecified atom stereocenters.